The van der Waals surface area contributed by atoms with E-state index in [2.05, 4.69) is 0 Å². The molecule has 0 saturated carbocycles. The highest BCUT2D eigenvalue weighted by Crippen LogP contribution is 2.35. The lowest BCUT2D eigenvalue weighted by Gasteiger charge is -2.29. The minimum absolute atomic E-state index is 0.0490. The normalized spacial score (nSPS) is 14.1. The maximum absolute atomic E-state index is 14.0. The molecule has 0 fully saturated rings. The zero-order chi connectivity index (χ0) is 16.3. The van der Waals surface area contributed by atoms with Gasteiger partial charge in [0, 0.05) is 12.1 Å². The molecule has 0 radical (unpaired) electrons. The molecule has 2 rings (SSSR count). The molecule has 1 aliphatic heterocycles. The third kappa shape index (κ3) is 3.28. The SMILES string of the molecule is CCCCOC(=O)N1CCc2c(F)c(C(F)F)cc(O)c2C1. The predicted octanol–water partition coefficient (Wildman–Crippen LogP) is 3.76. The molecule has 7 heteroatoms. The number of fused-ring (bicyclic) bond motifs is 1. The molecule has 122 valence electrons. The van der Waals surface area contributed by atoms with Crippen molar-refractivity contribution in [1.29, 1.82) is 0 Å². The van der Waals surface area contributed by atoms with E-state index in [9.17, 15) is 23.1 Å². The number of phenolic OH excluding ortho intramolecular Hbond substituents is 1. The van der Waals surface area contributed by atoms with Crippen molar-refractivity contribution >= 4 is 6.09 Å². The number of unbranched alkanes of at least 4 members (excludes halogenated alkanes) is 1. The van der Waals surface area contributed by atoms with Crippen molar-refractivity contribution in [2.75, 3.05) is 13.2 Å². The zero-order valence-electron chi connectivity index (χ0n) is 12.2. The third-order valence-electron chi connectivity index (χ3n) is 3.68. The third-order valence-corrected chi connectivity index (χ3v) is 3.68. The number of ether oxygens (including phenoxy) is 1. The molecule has 1 aliphatic rings. The maximum atomic E-state index is 14.0. The second-order valence-electron chi connectivity index (χ2n) is 5.20. The van der Waals surface area contributed by atoms with Crippen molar-refractivity contribution < 1.29 is 27.8 Å². The number of hydrogen-bond acceptors (Lipinski definition) is 3. The number of hydrogen-bond donors (Lipinski definition) is 1. The first-order valence-electron chi connectivity index (χ1n) is 7.18. The first-order chi connectivity index (χ1) is 10.5. The van der Waals surface area contributed by atoms with Gasteiger partial charge in [0.25, 0.3) is 6.43 Å². The molecule has 1 amide bonds. The van der Waals surface area contributed by atoms with Gasteiger partial charge in [0.2, 0.25) is 0 Å². The van der Waals surface area contributed by atoms with Crippen LogP contribution in [-0.2, 0) is 17.7 Å². The van der Waals surface area contributed by atoms with Gasteiger partial charge in [-0.25, -0.2) is 18.0 Å². The number of benzene rings is 1. The second kappa shape index (κ2) is 6.89. The van der Waals surface area contributed by atoms with Crippen LogP contribution in [-0.4, -0.2) is 29.3 Å². The fourth-order valence-corrected chi connectivity index (χ4v) is 2.42. The van der Waals surface area contributed by atoms with Gasteiger partial charge in [-0.2, -0.15) is 0 Å². The standard InChI is InChI=1S/C15H18F3NO3/c1-2-3-6-22-15(21)19-5-4-9-11(8-19)12(20)7-10(13(9)16)14(17)18/h7,14,20H,2-6,8H2,1H3. The summed E-state index contributed by atoms with van der Waals surface area (Å²) in [4.78, 5) is 13.2. The van der Waals surface area contributed by atoms with Gasteiger partial charge < -0.3 is 14.7 Å². The topological polar surface area (TPSA) is 49.8 Å². The summed E-state index contributed by atoms with van der Waals surface area (Å²) in [6, 6.07) is 0.727. The number of aromatic hydroxyl groups is 1. The van der Waals surface area contributed by atoms with Gasteiger partial charge in [-0.1, -0.05) is 13.3 Å². The lowest BCUT2D eigenvalue weighted by molar-refractivity contribution is 0.0956. The summed E-state index contributed by atoms with van der Waals surface area (Å²) in [7, 11) is 0. The van der Waals surface area contributed by atoms with E-state index in [-0.39, 0.29) is 30.6 Å². The number of carbonyl (C=O) groups excluding carboxylic acids is 1. The van der Waals surface area contributed by atoms with E-state index < -0.39 is 29.6 Å². The van der Waals surface area contributed by atoms with Gasteiger partial charge in [0.05, 0.1) is 18.7 Å². The van der Waals surface area contributed by atoms with E-state index >= 15 is 0 Å². The molecule has 22 heavy (non-hydrogen) atoms. The van der Waals surface area contributed by atoms with Crippen LogP contribution in [0.3, 0.4) is 0 Å². The summed E-state index contributed by atoms with van der Waals surface area (Å²) in [5, 5.41) is 9.85. The predicted molar refractivity (Wildman–Crippen MR) is 73.4 cm³/mol. The number of carbonyl (C=O) groups is 1. The first kappa shape index (κ1) is 16.5. The number of phenols is 1. The van der Waals surface area contributed by atoms with Gasteiger partial charge in [0.1, 0.15) is 11.6 Å². The number of alkyl halides is 2. The van der Waals surface area contributed by atoms with Crippen LogP contribution < -0.4 is 0 Å². The quantitative estimate of drug-likeness (QED) is 0.860. The summed E-state index contributed by atoms with van der Waals surface area (Å²) in [6.45, 7) is 2.38. The highest BCUT2D eigenvalue weighted by atomic mass is 19.3. The van der Waals surface area contributed by atoms with Crippen LogP contribution in [0.25, 0.3) is 0 Å². The highest BCUT2D eigenvalue weighted by Gasteiger charge is 2.29. The van der Waals surface area contributed by atoms with Gasteiger partial charge >= 0.3 is 6.09 Å². The molecule has 1 N–H and O–H groups in total. The van der Waals surface area contributed by atoms with E-state index in [0.717, 1.165) is 18.9 Å². The van der Waals surface area contributed by atoms with Crippen molar-refractivity contribution in [3.63, 3.8) is 0 Å². The Morgan fingerprint density at radius 2 is 2.18 bits per heavy atom. The van der Waals surface area contributed by atoms with Crippen molar-refractivity contribution in [3.05, 3.63) is 28.6 Å². The Labute approximate surface area is 126 Å². The molecule has 0 unspecified atom stereocenters. The molecule has 0 saturated heterocycles. The summed E-state index contributed by atoms with van der Waals surface area (Å²) >= 11 is 0. The van der Waals surface area contributed by atoms with Crippen molar-refractivity contribution in [1.82, 2.24) is 4.90 Å². The first-order valence-corrected chi connectivity index (χ1v) is 7.18. The highest BCUT2D eigenvalue weighted by molar-refractivity contribution is 5.68. The van der Waals surface area contributed by atoms with E-state index in [4.69, 9.17) is 4.74 Å². The lowest BCUT2D eigenvalue weighted by Crippen LogP contribution is -2.37. The summed E-state index contributed by atoms with van der Waals surface area (Å²) in [5.41, 5.74) is -0.594. The molecule has 0 aliphatic carbocycles. The molecule has 0 aromatic heterocycles. The van der Waals surface area contributed by atoms with Crippen LogP contribution in [0.2, 0.25) is 0 Å². The molecule has 4 nitrogen and oxygen atoms in total. The van der Waals surface area contributed by atoms with Crippen LogP contribution in [0.5, 0.6) is 5.75 Å². The number of nitrogens with zero attached hydrogens (tertiary/aromatic N) is 1. The molecular weight excluding hydrogens is 299 g/mol. The lowest BCUT2D eigenvalue weighted by atomic mass is 9.95. The van der Waals surface area contributed by atoms with Crippen LogP contribution >= 0.6 is 0 Å². The summed E-state index contributed by atoms with van der Waals surface area (Å²) in [5.74, 6) is -1.42. The Morgan fingerprint density at radius 1 is 1.45 bits per heavy atom. The smallest absolute Gasteiger partial charge is 0.410 e. The largest absolute Gasteiger partial charge is 0.508 e. The Bertz CT molecular complexity index is 563. The Kier molecular flexibility index (Phi) is 5.15. The van der Waals surface area contributed by atoms with Crippen molar-refractivity contribution in [3.8, 4) is 5.75 Å². The molecule has 1 heterocycles. The van der Waals surface area contributed by atoms with E-state index in [0.29, 0.717) is 6.61 Å². The molecule has 0 bridgehead atoms. The Morgan fingerprint density at radius 3 is 2.82 bits per heavy atom. The van der Waals surface area contributed by atoms with E-state index in [1.165, 1.54) is 4.90 Å². The van der Waals surface area contributed by atoms with Crippen LogP contribution in [0.4, 0.5) is 18.0 Å². The van der Waals surface area contributed by atoms with E-state index in [1.807, 2.05) is 6.92 Å². The molecular formula is C15H18F3NO3. The molecule has 1 aromatic rings. The van der Waals surface area contributed by atoms with Crippen molar-refractivity contribution in [2.45, 2.75) is 39.2 Å². The monoisotopic (exact) mass is 317 g/mol. The minimum atomic E-state index is -2.99. The van der Waals surface area contributed by atoms with Gasteiger partial charge in [-0.05, 0) is 24.5 Å². The number of rotatable bonds is 4. The molecule has 0 spiro atoms. The van der Waals surface area contributed by atoms with Crippen LogP contribution in [0.1, 0.15) is 42.9 Å². The summed E-state index contributed by atoms with van der Waals surface area (Å²) in [6.07, 6.45) is -1.84. The van der Waals surface area contributed by atoms with Gasteiger partial charge in [0.15, 0.2) is 0 Å². The maximum Gasteiger partial charge on any atom is 0.410 e. The number of halogens is 3. The van der Waals surface area contributed by atoms with Gasteiger partial charge in [-0.15, -0.1) is 0 Å². The average Bonchev–Trinajstić information content (AvgIpc) is 2.50. The van der Waals surface area contributed by atoms with E-state index in [1.54, 1.807) is 0 Å². The molecule has 1 aromatic carbocycles. The van der Waals surface area contributed by atoms with Gasteiger partial charge in [-0.3, -0.25) is 0 Å². The fraction of sp³-hybridized carbons (Fsp3) is 0.533. The van der Waals surface area contributed by atoms with Crippen LogP contribution in [0.15, 0.2) is 6.07 Å². The second-order valence-corrected chi connectivity index (χ2v) is 5.20. The zero-order valence-corrected chi connectivity index (χ0v) is 12.2. The van der Waals surface area contributed by atoms with Crippen molar-refractivity contribution in [2.24, 2.45) is 0 Å². The summed E-state index contributed by atoms with van der Waals surface area (Å²) < 4.78 is 44.5. The Balaban J connectivity index is 2.17. The fourth-order valence-electron chi connectivity index (χ4n) is 2.42. The van der Waals surface area contributed by atoms with Crippen LogP contribution in [0, 0.1) is 5.82 Å². The Hall–Kier alpha value is -1.92. The average molecular weight is 317 g/mol. The minimum Gasteiger partial charge on any atom is -0.508 e. The molecule has 0 atom stereocenters. The number of amides is 1.